The number of nitriles is 1. The van der Waals surface area contributed by atoms with Crippen LogP contribution in [0.4, 0.5) is 0 Å². The van der Waals surface area contributed by atoms with Crippen LogP contribution in [0.25, 0.3) is 4.85 Å². The van der Waals surface area contributed by atoms with E-state index in [4.69, 9.17) is 32.5 Å². The molecule has 0 bridgehead atoms. The van der Waals surface area contributed by atoms with Gasteiger partial charge in [-0.05, 0) is 22.3 Å². The summed E-state index contributed by atoms with van der Waals surface area (Å²) in [7, 11) is 0. The number of benzene rings is 4. The number of hydrogen-bond donors (Lipinski definition) is 0. The van der Waals surface area contributed by atoms with Crippen LogP contribution in [-0.4, -0.2) is 56.1 Å². The Hall–Kier alpha value is -6.00. The second-order valence-corrected chi connectivity index (χ2v) is 12.4. The van der Waals surface area contributed by atoms with E-state index < -0.39 is 29.9 Å². The maximum atomic E-state index is 9.59. The molecule has 0 aromatic heterocycles. The van der Waals surface area contributed by atoms with E-state index in [0.717, 1.165) is 22.3 Å². The van der Waals surface area contributed by atoms with Crippen LogP contribution in [0.1, 0.15) is 46.4 Å². The van der Waals surface area contributed by atoms with Gasteiger partial charge in [0.05, 0.1) is 6.07 Å². The first-order valence-electron chi connectivity index (χ1n) is 16.8. The van der Waals surface area contributed by atoms with Crippen LogP contribution < -0.4 is 0 Å². The van der Waals surface area contributed by atoms with Crippen molar-refractivity contribution in [1.29, 1.82) is 5.26 Å². The van der Waals surface area contributed by atoms with Crippen molar-refractivity contribution in [2.24, 2.45) is 25.9 Å². The Kier molecular flexibility index (Phi) is 12.8. The van der Waals surface area contributed by atoms with Crippen molar-refractivity contribution in [3.63, 3.8) is 0 Å². The van der Waals surface area contributed by atoms with Crippen molar-refractivity contribution in [3.05, 3.63) is 155 Å². The molecule has 4 aliphatic heterocycles. The summed E-state index contributed by atoms with van der Waals surface area (Å²) in [6, 6.07) is 41.0. The quantitative estimate of drug-likeness (QED) is 0.176. The summed E-state index contributed by atoms with van der Waals surface area (Å²) in [5.74, 6) is 0.891. The summed E-state index contributed by atoms with van der Waals surface area (Å²) >= 11 is -2.17. The van der Waals surface area contributed by atoms with E-state index in [9.17, 15) is 5.26 Å². The van der Waals surface area contributed by atoms with Gasteiger partial charge in [0.2, 0.25) is 11.8 Å². The van der Waals surface area contributed by atoms with Gasteiger partial charge in [0.1, 0.15) is 50.6 Å². The van der Waals surface area contributed by atoms with Gasteiger partial charge in [-0.25, -0.2) is 26.5 Å². The van der Waals surface area contributed by atoms with Gasteiger partial charge in [0, 0.05) is 0 Å². The fourth-order valence-electron chi connectivity index (χ4n) is 6.00. The second kappa shape index (κ2) is 18.5. The zero-order valence-electron chi connectivity index (χ0n) is 28.4. The number of ether oxygens (including phenoxy) is 4. The zero-order valence-corrected chi connectivity index (χ0v) is 31.1. The second-order valence-electron chi connectivity index (χ2n) is 12.0. The molecule has 0 saturated carbocycles. The van der Waals surface area contributed by atoms with Gasteiger partial charge in [0.15, 0.2) is 5.92 Å². The molecule has 4 aliphatic rings. The Balaban J connectivity index is 0.000000169. The molecule has 0 unspecified atom stereocenters. The van der Waals surface area contributed by atoms with E-state index in [0.29, 0.717) is 50.0 Å². The predicted octanol–water partition coefficient (Wildman–Crippen LogP) is 6.84. The topological polar surface area (TPSA) is 149 Å². The average Bonchev–Trinajstić information content (AvgIpc) is 4.07. The molecule has 0 fully saturated rings. The van der Waals surface area contributed by atoms with Crippen molar-refractivity contribution in [3.8, 4) is 6.07 Å². The molecular formula is C40H34N6O6Re. The normalized spacial score (nSPS) is 20.9. The molecule has 4 atom stereocenters. The minimum absolute atomic E-state index is 0.0765. The fourth-order valence-corrected chi connectivity index (χ4v) is 6.00. The Labute approximate surface area is 315 Å². The number of aliphatic imine (C=N–C) groups is 4. The number of nitrogens with zero attached hydrogens (tertiary/aromatic N) is 6. The van der Waals surface area contributed by atoms with Gasteiger partial charge in [-0.2, -0.15) is 5.26 Å². The molecule has 0 N–H and O–H groups in total. The van der Waals surface area contributed by atoms with Crippen LogP contribution in [0.2, 0.25) is 0 Å². The van der Waals surface area contributed by atoms with Crippen LogP contribution in [0.15, 0.2) is 141 Å². The van der Waals surface area contributed by atoms with Crippen LogP contribution in [0.5, 0.6) is 0 Å². The summed E-state index contributed by atoms with van der Waals surface area (Å²) in [5.41, 5.74) is 4.31. The van der Waals surface area contributed by atoms with E-state index >= 15 is 0 Å². The monoisotopic (exact) mass is 881 g/mol. The Morgan fingerprint density at radius 3 is 1.08 bits per heavy atom. The Bertz CT molecular complexity index is 1800. The molecule has 13 heteroatoms. The van der Waals surface area contributed by atoms with Gasteiger partial charge in [-0.15, -0.1) is 0 Å². The van der Waals surface area contributed by atoms with E-state index in [1.165, 1.54) is 0 Å². The molecule has 267 valence electrons. The Morgan fingerprint density at radius 2 is 0.811 bits per heavy atom. The molecule has 0 aliphatic carbocycles. The first-order chi connectivity index (χ1) is 26.1. The fraction of sp³-hybridized carbons (Fsp3) is 0.250. The molecule has 8 rings (SSSR count). The van der Waals surface area contributed by atoms with Gasteiger partial charge in [-0.3, -0.25) is 4.85 Å². The Morgan fingerprint density at radius 1 is 0.547 bits per heavy atom. The molecule has 4 aromatic carbocycles. The third-order valence-electron chi connectivity index (χ3n) is 8.65. The summed E-state index contributed by atoms with van der Waals surface area (Å²) in [6.07, 6.45) is 0. The zero-order chi connectivity index (χ0) is 36.8. The third kappa shape index (κ3) is 9.27. The molecule has 0 radical (unpaired) electrons. The van der Waals surface area contributed by atoms with Crippen LogP contribution >= 0.6 is 0 Å². The van der Waals surface area contributed by atoms with Crippen molar-refractivity contribution in [2.75, 3.05) is 26.4 Å². The predicted molar refractivity (Wildman–Crippen MR) is 191 cm³/mol. The van der Waals surface area contributed by atoms with Crippen LogP contribution in [0.3, 0.4) is 0 Å². The summed E-state index contributed by atoms with van der Waals surface area (Å²) in [6.45, 7) is 9.30. The standard InChI is InChI=1S/2C20H17N3O2.2O.Re/c1-21-18(19-22-16(12-24-19)14-8-4-2-5-9-14)20-23-17(13-25-20)15-10-6-3-7-11-15;21-11-16(19-22-17(12-24-19)14-7-3-1-4-8-14)20-23-18(13-25-20)15-9-5-2-6-10-15;;;/h2-11,16-18H,12-13H2;1-10,16-18H,12-13H2;;;/t16-,17-;17-,18-;;;/m00.../s1. The van der Waals surface area contributed by atoms with E-state index in [1.807, 2.05) is 121 Å². The van der Waals surface area contributed by atoms with Crippen molar-refractivity contribution >= 4 is 23.6 Å². The molecule has 0 saturated heterocycles. The number of hydrogen-bond acceptors (Lipinski definition) is 11. The molecule has 0 spiro atoms. The molecule has 12 nitrogen and oxygen atoms in total. The summed E-state index contributed by atoms with van der Waals surface area (Å²) in [5, 5.41) is 9.59. The van der Waals surface area contributed by atoms with Crippen LogP contribution in [0, 0.1) is 23.8 Å². The van der Waals surface area contributed by atoms with Gasteiger partial charge < -0.3 is 18.9 Å². The molecular weight excluding hydrogens is 847 g/mol. The summed E-state index contributed by atoms with van der Waals surface area (Å²) < 4.78 is 39.8. The first-order valence-corrected chi connectivity index (χ1v) is 19.0. The molecule has 4 aromatic rings. The minimum atomic E-state index is -2.17. The number of rotatable bonds is 8. The van der Waals surface area contributed by atoms with Crippen molar-refractivity contribution in [1.82, 2.24) is 0 Å². The van der Waals surface area contributed by atoms with Crippen LogP contribution in [-0.2, 0) is 43.8 Å². The van der Waals surface area contributed by atoms with E-state index in [1.54, 1.807) is 0 Å². The average molecular weight is 881 g/mol. The molecule has 0 amide bonds. The maximum absolute atomic E-state index is 9.59. The third-order valence-corrected chi connectivity index (χ3v) is 8.65. The van der Waals surface area contributed by atoms with E-state index in [2.05, 4.69) is 30.9 Å². The SMILES string of the molecule is N#CC(C1=N[C@H](c2ccccc2)CO1)C1=N[C@H](c2ccccc2)CO1.[C-]#[N+]C(C1=N[C@H](c2ccccc2)CO1)C1=N[C@H](c2ccccc2)CO1.[O]=[Re]=[O]. The van der Waals surface area contributed by atoms with Crippen molar-refractivity contribution in [2.45, 2.75) is 30.2 Å². The van der Waals surface area contributed by atoms with Gasteiger partial charge in [-0.1, -0.05) is 121 Å². The molecule has 53 heavy (non-hydrogen) atoms. The van der Waals surface area contributed by atoms with E-state index in [-0.39, 0.29) is 24.2 Å². The first kappa shape index (κ1) is 36.8. The van der Waals surface area contributed by atoms with Crippen molar-refractivity contribution < 1.29 is 43.8 Å². The van der Waals surface area contributed by atoms with Gasteiger partial charge in [0.25, 0.3) is 11.8 Å². The molecule has 4 heterocycles. The van der Waals surface area contributed by atoms with Gasteiger partial charge >= 0.3 is 30.9 Å². The summed E-state index contributed by atoms with van der Waals surface area (Å²) in [4.78, 5) is 22.0.